The normalized spacial score (nSPS) is 11.4. The van der Waals surface area contributed by atoms with Crippen molar-refractivity contribution in [3.8, 4) is 11.8 Å². The van der Waals surface area contributed by atoms with E-state index >= 15 is 0 Å². The van der Waals surface area contributed by atoms with Crippen molar-refractivity contribution in [3.63, 3.8) is 0 Å². The maximum atomic E-state index is 5.69. The van der Waals surface area contributed by atoms with Crippen LogP contribution in [-0.2, 0) is 19.3 Å². The number of H-pyrrole nitrogens is 1. The average Bonchev–Trinajstić information content (AvgIpc) is 3.20. The molecule has 7 heteroatoms. The highest BCUT2D eigenvalue weighted by Gasteiger charge is 2.20. The fourth-order valence-corrected chi connectivity index (χ4v) is 3.17. The largest absolute Gasteiger partial charge is 0.476 e. The zero-order valence-electron chi connectivity index (χ0n) is 15.5. The van der Waals surface area contributed by atoms with E-state index < -0.39 is 0 Å². The maximum absolute atomic E-state index is 5.69. The molecule has 0 bridgehead atoms. The lowest BCUT2D eigenvalue weighted by atomic mass is 10.0. The van der Waals surface area contributed by atoms with Gasteiger partial charge in [0, 0.05) is 0 Å². The molecule has 0 saturated heterocycles. The van der Waals surface area contributed by atoms with E-state index in [1.807, 2.05) is 11.6 Å². The van der Waals surface area contributed by atoms with Gasteiger partial charge < -0.3 is 9.72 Å². The minimum Gasteiger partial charge on any atom is -0.476 e. The Morgan fingerprint density at radius 1 is 1.08 bits per heavy atom. The van der Waals surface area contributed by atoms with Crippen LogP contribution in [0.2, 0.25) is 0 Å². The van der Waals surface area contributed by atoms with E-state index in [1.165, 1.54) is 11.3 Å². The molecule has 134 valence electrons. The number of aromatic amines is 1. The Balaban J connectivity index is 2.19. The first-order valence-electron chi connectivity index (χ1n) is 9.17. The van der Waals surface area contributed by atoms with Crippen LogP contribution in [0.5, 0.6) is 5.88 Å². The zero-order chi connectivity index (χ0) is 17.8. The topological polar surface area (TPSA) is 81.5 Å². The van der Waals surface area contributed by atoms with Gasteiger partial charge in [-0.05, 0) is 31.7 Å². The molecule has 0 spiro atoms. The number of imidazole rings is 1. The molecule has 7 nitrogen and oxygen atoms in total. The van der Waals surface area contributed by atoms with E-state index in [4.69, 9.17) is 9.84 Å². The van der Waals surface area contributed by atoms with Crippen LogP contribution in [0.3, 0.4) is 0 Å². The predicted octanol–water partition coefficient (Wildman–Crippen LogP) is 3.40. The minimum absolute atomic E-state index is 0.521. The Kier molecular flexibility index (Phi) is 5.31. The van der Waals surface area contributed by atoms with Crippen LogP contribution >= 0.6 is 0 Å². The molecule has 0 unspecified atom stereocenters. The molecule has 3 aromatic rings. The summed E-state index contributed by atoms with van der Waals surface area (Å²) in [6, 6.07) is 0. The molecular weight excluding hydrogens is 316 g/mol. The van der Waals surface area contributed by atoms with Gasteiger partial charge in [-0.25, -0.2) is 9.67 Å². The fraction of sp³-hybridized carbons (Fsp3) is 0.556. The summed E-state index contributed by atoms with van der Waals surface area (Å²) < 4.78 is 7.58. The molecule has 0 amide bonds. The van der Waals surface area contributed by atoms with E-state index in [1.54, 1.807) is 6.33 Å². The van der Waals surface area contributed by atoms with Crippen molar-refractivity contribution in [1.82, 2.24) is 29.7 Å². The van der Waals surface area contributed by atoms with E-state index in [0.717, 1.165) is 43.3 Å². The second kappa shape index (κ2) is 7.63. The standard InChI is InChI=1S/C18H26N6O/c1-5-9-13-12(7-3)14(10-6-2)24(23-13)18-21-16-15(19-11-20-16)17(22-18)25-8-4/h11H,5-10H2,1-4H3,(H,19,20,21,22). The van der Waals surface area contributed by atoms with E-state index in [2.05, 4.69) is 40.7 Å². The highest BCUT2D eigenvalue weighted by Crippen LogP contribution is 2.24. The van der Waals surface area contributed by atoms with Crippen molar-refractivity contribution >= 4 is 11.2 Å². The Hall–Kier alpha value is -2.44. The second-order valence-electron chi connectivity index (χ2n) is 6.00. The highest BCUT2D eigenvalue weighted by molar-refractivity contribution is 5.76. The lowest BCUT2D eigenvalue weighted by molar-refractivity contribution is 0.329. The Morgan fingerprint density at radius 2 is 1.88 bits per heavy atom. The van der Waals surface area contributed by atoms with Gasteiger partial charge in [0.15, 0.2) is 5.65 Å². The van der Waals surface area contributed by atoms with Crippen LogP contribution in [-0.4, -0.2) is 36.3 Å². The molecule has 0 aliphatic rings. The summed E-state index contributed by atoms with van der Waals surface area (Å²) in [5, 5.41) is 4.85. The summed E-state index contributed by atoms with van der Waals surface area (Å²) in [5.41, 5.74) is 5.00. The van der Waals surface area contributed by atoms with Gasteiger partial charge in [0.25, 0.3) is 5.95 Å². The van der Waals surface area contributed by atoms with Crippen LogP contribution in [0.4, 0.5) is 0 Å². The molecule has 0 radical (unpaired) electrons. The van der Waals surface area contributed by atoms with Crippen molar-refractivity contribution in [2.45, 2.75) is 59.8 Å². The number of hydrogen-bond acceptors (Lipinski definition) is 5. The first-order valence-corrected chi connectivity index (χ1v) is 9.17. The number of aryl methyl sites for hydroxylation is 1. The predicted molar refractivity (Wildman–Crippen MR) is 97.3 cm³/mol. The summed E-state index contributed by atoms with van der Waals surface area (Å²) in [7, 11) is 0. The summed E-state index contributed by atoms with van der Waals surface area (Å²) in [6.07, 6.45) is 6.61. The van der Waals surface area contributed by atoms with Gasteiger partial charge in [0.2, 0.25) is 5.88 Å². The van der Waals surface area contributed by atoms with Crippen LogP contribution in [0.15, 0.2) is 6.33 Å². The molecule has 25 heavy (non-hydrogen) atoms. The Labute approximate surface area is 147 Å². The number of ether oxygens (including phenoxy) is 1. The van der Waals surface area contributed by atoms with Gasteiger partial charge in [-0.15, -0.1) is 0 Å². The maximum Gasteiger partial charge on any atom is 0.256 e. The van der Waals surface area contributed by atoms with Gasteiger partial charge in [0.1, 0.15) is 5.52 Å². The van der Waals surface area contributed by atoms with Crippen molar-refractivity contribution in [3.05, 3.63) is 23.3 Å². The molecule has 0 aliphatic heterocycles. The van der Waals surface area contributed by atoms with Crippen LogP contribution in [0.25, 0.3) is 17.1 Å². The number of nitrogens with one attached hydrogen (secondary N) is 1. The minimum atomic E-state index is 0.521. The van der Waals surface area contributed by atoms with Crippen molar-refractivity contribution < 1.29 is 4.74 Å². The van der Waals surface area contributed by atoms with Gasteiger partial charge >= 0.3 is 0 Å². The van der Waals surface area contributed by atoms with Crippen LogP contribution < -0.4 is 4.74 Å². The monoisotopic (exact) mass is 342 g/mol. The molecule has 3 rings (SSSR count). The zero-order valence-corrected chi connectivity index (χ0v) is 15.5. The van der Waals surface area contributed by atoms with Crippen molar-refractivity contribution in [2.75, 3.05) is 6.61 Å². The number of nitrogens with zero attached hydrogens (tertiary/aromatic N) is 5. The summed E-state index contributed by atoms with van der Waals surface area (Å²) >= 11 is 0. The smallest absolute Gasteiger partial charge is 0.256 e. The lowest BCUT2D eigenvalue weighted by Crippen LogP contribution is -2.10. The van der Waals surface area contributed by atoms with E-state index in [9.17, 15) is 0 Å². The number of aromatic nitrogens is 6. The lowest BCUT2D eigenvalue weighted by Gasteiger charge is -2.09. The Morgan fingerprint density at radius 3 is 2.56 bits per heavy atom. The van der Waals surface area contributed by atoms with Crippen molar-refractivity contribution in [2.24, 2.45) is 0 Å². The first kappa shape index (κ1) is 17.4. The third-order valence-corrected chi connectivity index (χ3v) is 4.21. The quantitative estimate of drug-likeness (QED) is 0.678. The summed E-state index contributed by atoms with van der Waals surface area (Å²) in [5.74, 6) is 1.05. The Bertz CT molecular complexity index is 851. The average molecular weight is 342 g/mol. The van der Waals surface area contributed by atoms with Crippen molar-refractivity contribution in [1.29, 1.82) is 0 Å². The third-order valence-electron chi connectivity index (χ3n) is 4.21. The van der Waals surface area contributed by atoms with E-state index in [0.29, 0.717) is 24.1 Å². The van der Waals surface area contributed by atoms with Gasteiger partial charge in [-0.2, -0.15) is 15.1 Å². The van der Waals surface area contributed by atoms with Gasteiger partial charge in [-0.1, -0.05) is 33.6 Å². The SMILES string of the molecule is CCCc1nn(-c2nc(OCC)c3[nH]cnc3n2)c(CCC)c1CC. The fourth-order valence-electron chi connectivity index (χ4n) is 3.17. The molecule has 0 aliphatic carbocycles. The molecule has 0 saturated carbocycles. The van der Waals surface area contributed by atoms with Gasteiger partial charge in [-0.3, -0.25) is 0 Å². The number of fused-ring (bicyclic) bond motifs is 1. The first-order chi connectivity index (χ1) is 12.2. The molecule has 1 N–H and O–H groups in total. The third kappa shape index (κ3) is 3.23. The molecule has 3 heterocycles. The van der Waals surface area contributed by atoms with Crippen LogP contribution in [0.1, 0.15) is 57.5 Å². The summed E-state index contributed by atoms with van der Waals surface area (Å²) in [6.45, 7) is 9.02. The van der Waals surface area contributed by atoms with Gasteiger partial charge in [0.05, 0.1) is 24.3 Å². The molecule has 0 fully saturated rings. The van der Waals surface area contributed by atoms with E-state index in [-0.39, 0.29) is 0 Å². The molecule has 3 aromatic heterocycles. The molecule has 0 atom stereocenters. The summed E-state index contributed by atoms with van der Waals surface area (Å²) in [4.78, 5) is 16.6. The van der Waals surface area contributed by atoms with Crippen LogP contribution in [0, 0.1) is 0 Å². The number of rotatable bonds is 8. The highest BCUT2D eigenvalue weighted by atomic mass is 16.5. The second-order valence-corrected chi connectivity index (χ2v) is 6.00. The molecular formula is C18H26N6O. The number of hydrogen-bond donors (Lipinski definition) is 1. The molecule has 0 aromatic carbocycles.